The molecule has 0 radical (unpaired) electrons. The van der Waals surface area contributed by atoms with Crippen LogP contribution in [0.5, 0.6) is 5.75 Å². The van der Waals surface area contributed by atoms with Crippen LogP contribution in [0.4, 0.5) is 0 Å². The summed E-state index contributed by atoms with van der Waals surface area (Å²) >= 11 is 0. The fourth-order valence-electron chi connectivity index (χ4n) is 4.14. The van der Waals surface area contributed by atoms with E-state index in [9.17, 15) is 4.79 Å². The van der Waals surface area contributed by atoms with E-state index in [-0.39, 0.29) is 12.2 Å². The lowest BCUT2D eigenvalue weighted by Crippen LogP contribution is -2.24. The number of hydrogen-bond acceptors (Lipinski definition) is 6. The summed E-state index contributed by atoms with van der Waals surface area (Å²) < 4.78 is 9.33. The number of ether oxygens (including phenoxy) is 1. The molecule has 0 bridgehead atoms. The lowest BCUT2D eigenvalue weighted by molar-refractivity contribution is 0.300. The van der Waals surface area contributed by atoms with Crippen LogP contribution in [0.3, 0.4) is 0 Å². The van der Waals surface area contributed by atoms with Gasteiger partial charge in [-0.2, -0.15) is 10.4 Å². The van der Waals surface area contributed by atoms with Crippen molar-refractivity contribution in [3.63, 3.8) is 0 Å². The second kappa shape index (κ2) is 9.27. The van der Waals surface area contributed by atoms with Crippen molar-refractivity contribution < 1.29 is 4.74 Å². The number of aromatic nitrogens is 4. The zero-order valence-corrected chi connectivity index (χ0v) is 18.2. The highest BCUT2D eigenvalue weighted by atomic mass is 16.5. The maximum atomic E-state index is 12.7. The molecule has 33 heavy (non-hydrogen) atoms. The highest BCUT2D eigenvalue weighted by molar-refractivity contribution is 5.80. The van der Waals surface area contributed by atoms with Crippen LogP contribution in [0.2, 0.25) is 0 Å². The predicted octanol–water partition coefficient (Wildman–Crippen LogP) is 3.13. The third kappa shape index (κ3) is 4.64. The Labute approximate surface area is 191 Å². The van der Waals surface area contributed by atoms with Crippen molar-refractivity contribution in [2.24, 2.45) is 0 Å². The number of benzene rings is 1. The minimum atomic E-state index is -0.180. The third-order valence-corrected chi connectivity index (χ3v) is 5.96. The number of nitrogens with zero attached hydrogens (tertiary/aromatic N) is 6. The van der Waals surface area contributed by atoms with Gasteiger partial charge in [0.2, 0.25) is 0 Å². The molecule has 8 heteroatoms. The number of fused-ring (bicyclic) bond motifs is 1. The largest absolute Gasteiger partial charge is 0.487 e. The summed E-state index contributed by atoms with van der Waals surface area (Å²) in [6, 6.07) is 14.6. The predicted molar refractivity (Wildman–Crippen MR) is 124 cm³/mol. The zero-order chi connectivity index (χ0) is 22.6. The van der Waals surface area contributed by atoms with E-state index >= 15 is 0 Å². The molecule has 0 unspecified atom stereocenters. The summed E-state index contributed by atoms with van der Waals surface area (Å²) in [6.45, 7) is 4.45. The summed E-state index contributed by atoms with van der Waals surface area (Å²) in [4.78, 5) is 19.4. The Morgan fingerprint density at radius 1 is 1.03 bits per heavy atom. The molecule has 1 aromatic carbocycles. The first-order valence-corrected chi connectivity index (χ1v) is 11.1. The maximum Gasteiger partial charge on any atom is 0.258 e. The van der Waals surface area contributed by atoms with Crippen LogP contribution in [0.15, 0.2) is 65.8 Å². The molecule has 8 nitrogen and oxygen atoms in total. The summed E-state index contributed by atoms with van der Waals surface area (Å²) in [5.74, 6) is 0.471. The topological polar surface area (TPSA) is 89.0 Å². The second-order valence-electron chi connectivity index (χ2n) is 8.17. The van der Waals surface area contributed by atoms with E-state index in [1.165, 1.54) is 38.2 Å². The second-order valence-corrected chi connectivity index (χ2v) is 8.17. The van der Waals surface area contributed by atoms with E-state index in [1.54, 1.807) is 29.0 Å². The first kappa shape index (κ1) is 20.9. The molecule has 5 rings (SSSR count). The fourth-order valence-corrected chi connectivity index (χ4v) is 4.14. The number of hydrogen-bond donors (Lipinski definition) is 0. The van der Waals surface area contributed by atoms with Gasteiger partial charge in [0, 0.05) is 36.1 Å². The fraction of sp³-hybridized carbons (Fsp3) is 0.280. The zero-order valence-electron chi connectivity index (χ0n) is 18.2. The molecule has 0 aliphatic carbocycles. The average molecular weight is 441 g/mol. The molecule has 1 fully saturated rings. The molecule has 0 spiro atoms. The third-order valence-electron chi connectivity index (χ3n) is 5.96. The van der Waals surface area contributed by atoms with Crippen molar-refractivity contribution in [1.29, 1.82) is 5.26 Å². The van der Waals surface area contributed by atoms with E-state index in [1.807, 2.05) is 35.1 Å². The monoisotopic (exact) mass is 440 g/mol. The van der Waals surface area contributed by atoms with E-state index < -0.39 is 0 Å². The number of likely N-dealkylation sites (tertiary alicyclic amines) is 1. The van der Waals surface area contributed by atoms with Crippen molar-refractivity contribution in [2.75, 3.05) is 19.6 Å². The molecule has 0 saturated carbocycles. The molecule has 0 N–H and O–H groups in total. The number of rotatable bonds is 7. The Kier molecular flexibility index (Phi) is 5.87. The van der Waals surface area contributed by atoms with Crippen LogP contribution in [-0.4, -0.2) is 43.9 Å². The SMILES string of the molecule is N#Cc1ccc(COc2ccn(-c3ccc4c(cnn4CCN4CCCC4)c3)c(=O)c2)nc1. The molecule has 0 atom stereocenters. The molecule has 1 saturated heterocycles. The van der Waals surface area contributed by atoms with Gasteiger partial charge in [-0.15, -0.1) is 0 Å². The number of pyridine rings is 2. The van der Waals surface area contributed by atoms with Crippen molar-refractivity contribution in [3.05, 3.63) is 82.7 Å². The van der Waals surface area contributed by atoms with Gasteiger partial charge in [-0.1, -0.05) is 0 Å². The lowest BCUT2D eigenvalue weighted by atomic mass is 10.2. The van der Waals surface area contributed by atoms with Crippen molar-refractivity contribution in [1.82, 2.24) is 24.2 Å². The molecule has 0 amide bonds. The quantitative estimate of drug-likeness (QED) is 0.439. The maximum absolute atomic E-state index is 12.7. The Balaban J connectivity index is 1.28. The molecule has 3 aromatic heterocycles. The van der Waals surface area contributed by atoms with Gasteiger partial charge in [-0.3, -0.25) is 19.0 Å². The van der Waals surface area contributed by atoms with Gasteiger partial charge >= 0.3 is 0 Å². The van der Waals surface area contributed by atoms with Crippen LogP contribution < -0.4 is 10.3 Å². The van der Waals surface area contributed by atoms with Crippen molar-refractivity contribution in [3.8, 4) is 17.5 Å². The van der Waals surface area contributed by atoms with Crippen molar-refractivity contribution in [2.45, 2.75) is 26.0 Å². The summed E-state index contributed by atoms with van der Waals surface area (Å²) in [5, 5.41) is 14.4. The smallest absolute Gasteiger partial charge is 0.258 e. The minimum Gasteiger partial charge on any atom is -0.487 e. The van der Waals surface area contributed by atoms with Crippen LogP contribution in [0, 0.1) is 11.3 Å². The van der Waals surface area contributed by atoms with E-state index in [0.717, 1.165) is 29.7 Å². The molecular formula is C25H24N6O2. The highest BCUT2D eigenvalue weighted by Gasteiger charge is 2.12. The molecule has 1 aliphatic rings. The summed E-state index contributed by atoms with van der Waals surface area (Å²) in [5.41, 5.74) is 2.86. The average Bonchev–Trinajstić information content (AvgIpc) is 3.51. The van der Waals surface area contributed by atoms with Gasteiger partial charge in [0.25, 0.3) is 5.56 Å². The van der Waals surface area contributed by atoms with Gasteiger partial charge in [-0.25, -0.2) is 0 Å². The molecule has 4 aromatic rings. The van der Waals surface area contributed by atoms with Crippen LogP contribution in [0.25, 0.3) is 16.6 Å². The van der Waals surface area contributed by atoms with Gasteiger partial charge in [0.1, 0.15) is 18.4 Å². The normalized spacial score (nSPS) is 13.9. The van der Waals surface area contributed by atoms with E-state index in [0.29, 0.717) is 17.0 Å². The van der Waals surface area contributed by atoms with Crippen LogP contribution >= 0.6 is 0 Å². The van der Waals surface area contributed by atoms with E-state index in [2.05, 4.69) is 15.0 Å². The molecular weight excluding hydrogens is 416 g/mol. The van der Waals surface area contributed by atoms with Gasteiger partial charge in [-0.05, 0) is 62.3 Å². The first-order chi connectivity index (χ1) is 16.2. The van der Waals surface area contributed by atoms with Gasteiger partial charge in [0.15, 0.2) is 0 Å². The van der Waals surface area contributed by atoms with Crippen molar-refractivity contribution >= 4 is 10.9 Å². The Bertz CT molecular complexity index is 1360. The minimum absolute atomic E-state index is 0.180. The Morgan fingerprint density at radius 3 is 2.67 bits per heavy atom. The molecule has 1 aliphatic heterocycles. The van der Waals surface area contributed by atoms with Gasteiger partial charge < -0.3 is 9.64 Å². The van der Waals surface area contributed by atoms with Crippen LogP contribution in [-0.2, 0) is 13.2 Å². The highest BCUT2D eigenvalue weighted by Crippen LogP contribution is 2.19. The molecule has 166 valence electrons. The van der Waals surface area contributed by atoms with Crippen LogP contribution in [0.1, 0.15) is 24.1 Å². The number of nitriles is 1. The lowest BCUT2D eigenvalue weighted by Gasteiger charge is -2.14. The van der Waals surface area contributed by atoms with E-state index in [4.69, 9.17) is 10.00 Å². The summed E-state index contributed by atoms with van der Waals surface area (Å²) in [7, 11) is 0. The van der Waals surface area contributed by atoms with Gasteiger partial charge in [0.05, 0.1) is 29.5 Å². The summed E-state index contributed by atoms with van der Waals surface area (Å²) in [6.07, 6.45) is 7.64. The standard InChI is InChI=1S/C25H24N6O2/c26-15-19-3-4-21(27-16-19)18-33-23-7-10-30(25(32)14-23)22-5-6-24-20(13-22)17-28-31(24)12-11-29-8-1-2-9-29/h3-7,10,13-14,16-17H,1-2,8-9,11-12,18H2. The Morgan fingerprint density at radius 2 is 1.91 bits per heavy atom. The first-order valence-electron chi connectivity index (χ1n) is 11.1. The Hall–Kier alpha value is -3.96. The molecule has 4 heterocycles.